The molecule has 8 heavy (non-hydrogen) atoms. The minimum Gasteiger partial charge on any atom is -0.295 e. The van der Waals surface area contributed by atoms with Crippen LogP contribution in [0.4, 0.5) is 0 Å². The molecule has 0 aliphatic carbocycles. The molecule has 0 saturated carbocycles. The van der Waals surface area contributed by atoms with Crippen LogP contribution in [0, 0.1) is 6.17 Å². The highest BCUT2D eigenvalue weighted by molar-refractivity contribution is 4.88. The molecule has 2 N–H and O–H groups in total. The highest BCUT2D eigenvalue weighted by Gasteiger charge is 2.11. The molecule has 1 fully saturated rings. The predicted octanol–water partition coefficient (Wildman–Crippen LogP) is 0.469. The number of hydrogen-bond donors (Lipinski definition) is 2. The van der Waals surface area contributed by atoms with E-state index in [-0.39, 0.29) is 0 Å². The monoisotopic (exact) mass is 113 g/mol. The maximum Gasteiger partial charge on any atom is 0.101 e. The van der Waals surface area contributed by atoms with Crippen LogP contribution in [0.5, 0.6) is 0 Å². The summed E-state index contributed by atoms with van der Waals surface area (Å²) in [4.78, 5) is 0. The molecule has 0 amide bonds. The molecule has 47 valence electrons. The Morgan fingerprint density at radius 3 is 2.50 bits per heavy atom. The molecule has 0 aromatic rings. The maximum absolute atomic E-state index is 3.26. The second-order valence-corrected chi connectivity index (χ2v) is 2.08. The third-order valence-corrected chi connectivity index (χ3v) is 1.30. The zero-order valence-corrected chi connectivity index (χ0v) is 5.33. The molecule has 0 bridgehead atoms. The van der Waals surface area contributed by atoms with Crippen LogP contribution in [0.25, 0.3) is 0 Å². The van der Waals surface area contributed by atoms with E-state index in [9.17, 15) is 0 Å². The average molecular weight is 113 g/mol. The first kappa shape index (κ1) is 6.05. The van der Waals surface area contributed by atoms with Crippen LogP contribution in [-0.4, -0.2) is 13.1 Å². The molecular formula is C6H13N2. The minimum atomic E-state index is 1.11. The van der Waals surface area contributed by atoms with Crippen molar-refractivity contribution in [2.45, 2.75) is 19.8 Å². The van der Waals surface area contributed by atoms with Crippen molar-refractivity contribution in [3.8, 4) is 0 Å². The van der Waals surface area contributed by atoms with Gasteiger partial charge in [0.2, 0.25) is 0 Å². The highest BCUT2D eigenvalue weighted by atomic mass is 15.2. The summed E-state index contributed by atoms with van der Waals surface area (Å²) >= 11 is 0. The molecule has 0 unspecified atom stereocenters. The van der Waals surface area contributed by atoms with Gasteiger partial charge in [-0.2, -0.15) is 0 Å². The number of nitrogens with one attached hydrogen (secondary N) is 2. The van der Waals surface area contributed by atoms with Crippen LogP contribution < -0.4 is 10.6 Å². The van der Waals surface area contributed by atoms with Gasteiger partial charge in [-0.3, -0.25) is 10.6 Å². The molecule has 1 aliphatic heterocycles. The van der Waals surface area contributed by atoms with E-state index in [0.29, 0.717) is 0 Å². The van der Waals surface area contributed by atoms with E-state index in [4.69, 9.17) is 0 Å². The summed E-state index contributed by atoms with van der Waals surface area (Å²) < 4.78 is 0. The fraction of sp³-hybridized carbons (Fsp3) is 0.833. The second kappa shape index (κ2) is 3.05. The van der Waals surface area contributed by atoms with Gasteiger partial charge in [0.25, 0.3) is 0 Å². The molecular weight excluding hydrogens is 100 g/mol. The molecule has 0 aromatic heterocycles. The Morgan fingerprint density at radius 2 is 2.00 bits per heavy atom. The van der Waals surface area contributed by atoms with Crippen LogP contribution in [0.15, 0.2) is 0 Å². The summed E-state index contributed by atoms with van der Waals surface area (Å²) in [6.45, 7) is 4.40. The summed E-state index contributed by atoms with van der Waals surface area (Å²) in [5.41, 5.74) is 0. The lowest BCUT2D eigenvalue weighted by molar-refractivity contribution is 0.654. The van der Waals surface area contributed by atoms with Gasteiger partial charge >= 0.3 is 0 Å². The fourth-order valence-electron chi connectivity index (χ4n) is 0.916. The molecule has 0 spiro atoms. The van der Waals surface area contributed by atoms with Crippen molar-refractivity contribution in [3.05, 3.63) is 6.17 Å². The topological polar surface area (TPSA) is 24.1 Å². The van der Waals surface area contributed by atoms with E-state index in [1.807, 2.05) is 0 Å². The Morgan fingerprint density at radius 1 is 1.38 bits per heavy atom. The van der Waals surface area contributed by atoms with Crippen LogP contribution in [0.1, 0.15) is 19.8 Å². The summed E-state index contributed by atoms with van der Waals surface area (Å²) in [6, 6.07) is 0. The largest absolute Gasteiger partial charge is 0.295 e. The third kappa shape index (κ3) is 1.46. The summed E-state index contributed by atoms with van der Waals surface area (Å²) in [5, 5.41) is 6.53. The Bertz CT molecular complexity index is 57.5. The van der Waals surface area contributed by atoms with Crippen molar-refractivity contribution in [1.29, 1.82) is 0 Å². The predicted molar refractivity (Wildman–Crippen MR) is 34.2 cm³/mol. The first-order chi connectivity index (χ1) is 3.93. The van der Waals surface area contributed by atoms with E-state index < -0.39 is 0 Å². The lowest BCUT2D eigenvalue weighted by atomic mass is 10.3. The molecule has 1 aliphatic rings. The Kier molecular flexibility index (Phi) is 2.30. The van der Waals surface area contributed by atoms with Gasteiger partial charge in [-0.1, -0.05) is 13.3 Å². The smallest absolute Gasteiger partial charge is 0.101 e. The van der Waals surface area contributed by atoms with Crippen LogP contribution in [0.3, 0.4) is 0 Å². The molecule has 1 saturated heterocycles. The van der Waals surface area contributed by atoms with Crippen molar-refractivity contribution >= 4 is 0 Å². The third-order valence-electron chi connectivity index (χ3n) is 1.30. The Labute approximate surface area is 50.7 Å². The average Bonchev–Trinajstić information content (AvgIpc) is 2.19. The quantitative estimate of drug-likeness (QED) is 0.544. The fourth-order valence-corrected chi connectivity index (χ4v) is 0.916. The summed E-state index contributed by atoms with van der Waals surface area (Å²) in [5.74, 6) is 0. The van der Waals surface area contributed by atoms with Crippen LogP contribution in [-0.2, 0) is 0 Å². The molecule has 0 atom stereocenters. The van der Waals surface area contributed by atoms with Gasteiger partial charge in [0.05, 0.1) is 0 Å². The van der Waals surface area contributed by atoms with E-state index in [2.05, 4.69) is 17.6 Å². The van der Waals surface area contributed by atoms with Gasteiger partial charge in [-0.05, 0) is 6.42 Å². The van der Waals surface area contributed by atoms with Crippen molar-refractivity contribution in [2.75, 3.05) is 13.1 Å². The first-order valence-electron chi connectivity index (χ1n) is 3.27. The van der Waals surface area contributed by atoms with Gasteiger partial charge < -0.3 is 0 Å². The standard InChI is InChI=1S/C6H13N2/c1-2-3-6-7-4-5-8-6/h7-8H,2-5H2,1H3. The lowest BCUT2D eigenvalue weighted by Crippen LogP contribution is -2.20. The first-order valence-corrected chi connectivity index (χ1v) is 3.27. The van der Waals surface area contributed by atoms with Gasteiger partial charge in [-0.25, -0.2) is 0 Å². The van der Waals surface area contributed by atoms with E-state index >= 15 is 0 Å². The second-order valence-electron chi connectivity index (χ2n) is 2.08. The normalized spacial score (nSPS) is 22.1. The molecule has 2 nitrogen and oxygen atoms in total. The van der Waals surface area contributed by atoms with Crippen molar-refractivity contribution in [3.63, 3.8) is 0 Å². The zero-order valence-electron chi connectivity index (χ0n) is 5.33. The molecule has 1 radical (unpaired) electrons. The van der Waals surface area contributed by atoms with Crippen LogP contribution in [0.2, 0.25) is 0 Å². The van der Waals surface area contributed by atoms with Crippen molar-refractivity contribution < 1.29 is 0 Å². The minimum absolute atomic E-state index is 1.11. The lowest BCUT2D eigenvalue weighted by Gasteiger charge is -2.04. The molecule has 1 heterocycles. The SMILES string of the molecule is CCC[C]1NCCN1. The van der Waals surface area contributed by atoms with Gasteiger partial charge in [-0.15, -0.1) is 0 Å². The number of rotatable bonds is 2. The Hall–Kier alpha value is -0.0800. The van der Waals surface area contributed by atoms with Gasteiger partial charge in [0.15, 0.2) is 0 Å². The summed E-state index contributed by atoms with van der Waals surface area (Å²) in [6.07, 6.45) is 3.74. The molecule has 0 aromatic carbocycles. The zero-order chi connectivity index (χ0) is 5.82. The highest BCUT2D eigenvalue weighted by Crippen LogP contribution is 2.02. The van der Waals surface area contributed by atoms with E-state index in [1.165, 1.54) is 19.0 Å². The van der Waals surface area contributed by atoms with Crippen molar-refractivity contribution in [2.24, 2.45) is 0 Å². The van der Waals surface area contributed by atoms with Gasteiger partial charge in [0.1, 0.15) is 6.17 Å². The van der Waals surface area contributed by atoms with Crippen molar-refractivity contribution in [1.82, 2.24) is 10.6 Å². The van der Waals surface area contributed by atoms with E-state index in [0.717, 1.165) is 13.1 Å². The number of hydrogen-bond acceptors (Lipinski definition) is 2. The van der Waals surface area contributed by atoms with E-state index in [1.54, 1.807) is 0 Å². The molecule has 2 heteroatoms. The summed E-state index contributed by atoms with van der Waals surface area (Å²) in [7, 11) is 0. The van der Waals surface area contributed by atoms with Gasteiger partial charge in [0, 0.05) is 13.1 Å². The van der Waals surface area contributed by atoms with Crippen LogP contribution >= 0.6 is 0 Å². The Balaban J connectivity index is 2.06. The molecule has 1 rings (SSSR count). The maximum atomic E-state index is 3.26.